The van der Waals surface area contributed by atoms with Crippen molar-refractivity contribution < 1.29 is 0 Å². The molecule has 0 aliphatic heterocycles. The number of rotatable bonds is 4. The van der Waals surface area contributed by atoms with E-state index in [-0.39, 0.29) is 0 Å². The van der Waals surface area contributed by atoms with E-state index in [2.05, 4.69) is 21.4 Å². The molecule has 0 spiro atoms. The quantitative estimate of drug-likeness (QED) is 0.886. The van der Waals surface area contributed by atoms with E-state index in [0.717, 1.165) is 30.0 Å². The molecule has 1 fully saturated rings. The molecule has 1 saturated carbocycles. The predicted octanol–water partition coefficient (Wildman–Crippen LogP) is 2.42. The van der Waals surface area contributed by atoms with Gasteiger partial charge in [0, 0.05) is 18.5 Å². The second kappa shape index (κ2) is 5.17. The highest BCUT2D eigenvalue weighted by molar-refractivity contribution is 5.46. The van der Waals surface area contributed by atoms with Crippen molar-refractivity contribution >= 4 is 11.6 Å². The molecule has 1 aromatic heterocycles. The lowest BCUT2D eigenvalue weighted by Crippen LogP contribution is -2.06. The molecule has 1 heterocycles. The third-order valence-corrected chi connectivity index (χ3v) is 3.24. The van der Waals surface area contributed by atoms with Crippen LogP contribution in [0.4, 0.5) is 11.6 Å². The van der Waals surface area contributed by atoms with Gasteiger partial charge in [0.05, 0.1) is 11.6 Å². The van der Waals surface area contributed by atoms with Crippen LogP contribution >= 0.6 is 0 Å². The molecule has 0 amide bonds. The molecule has 100 valence electrons. The van der Waals surface area contributed by atoms with Crippen molar-refractivity contribution in [1.82, 2.24) is 9.97 Å². The molecule has 0 atom stereocenters. The van der Waals surface area contributed by atoms with Gasteiger partial charge in [-0.05, 0) is 30.5 Å². The van der Waals surface area contributed by atoms with Crippen molar-refractivity contribution in [3.05, 3.63) is 47.3 Å². The maximum atomic E-state index is 8.88. The van der Waals surface area contributed by atoms with Crippen molar-refractivity contribution in [3.63, 3.8) is 0 Å². The largest absolute Gasteiger partial charge is 0.384 e. The summed E-state index contributed by atoms with van der Waals surface area (Å²) < 4.78 is 0. The topological polar surface area (TPSA) is 87.6 Å². The summed E-state index contributed by atoms with van der Waals surface area (Å²) in [5.41, 5.74) is 7.50. The van der Waals surface area contributed by atoms with Crippen molar-refractivity contribution in [1.29, 1.82) is 5.26 Å². The van der Waals surface area contributed by atoms with Crippen molar-refractivity contribution in [2.24, 2.45) is 0 Å². The Labute approximate surface area is 117 Å². The lowest BCUT2D eigenvalue weighted by Gasteiger charge is -2.08. The molecule has 0 unspecified atom stereocenters. The number of hydrogen-bond acceptors (Lipinski definition) is 5. The van der Waals surface area contributed by atoms with Gasteiger partial charge in [0.1, 0.15) is 17.5 Å². The van der Waals surface area contributed by atoms with Crippen LogP contribution in [0.2, 0.25) is 0 Å². The molecule has 1 aliphatic carbocycles. The standard InChI is InChI=1S/C15H15N5/c16-8-10-2-1-3-11(6-10)9-18-14-7-13(17)19-15(20-14)12-4-5-12/h1-3,6-7,12H,4-5,9H2,(H3,17,18,19,20). The van der Waals surface area contributed by atoms with Gasteiger partial charge in [0.15, 0.2) is 0 Å². The summed E-state index contributed by atoms with van der Waals surface area (Å²) in [6, 6.07) is 11.4. The average molecular weight is 265 g/mol. The van der Waals surface area contributed by atoms with Gasteiger partial charge < -0.3 is 11.1 Å². The van der Waals surface area contributed by atoms with Crippen molar-refractivity contribution in [2.75, 3.05) is 11.1 Å². The number of nitrogen functional groups attached to an aromatic ring is 1. The molecule has 0 bridgehead atoms. The zero-order valence-corrected chi connectivity index (χ0v) is 11.0. The van der Waals surface area contributed by atoms with Crippen LogP contribution in [0.25, 0.3) is 0 Å². The molecule has 0 saturated heterocycles. The Bertz CT molecular complexity index is 670. The van der Waals surface area contributed by atoms with E-state index >= 15 is 0 Å². The number of nitriles is 1. The zero-order chi connectivity index (χ0) is 13.9. The monoisotopic (exact) mass is 265 g/mol. The predicted molar refractivity (Wildman–Crippen MR) is 76.9 cm³/mol. The average Bonchev–Trinajstić information content (AvgIpc) is 3.29. The highest BCUT2D eigenvalue weighted by Crippen LogP contribution is 2.38. The first-order valence-corrected chi connectivity index (χ1v) is 6.62. The van der Waals surface area contributed by atoms with Gasteiger partial charge in [0.25, 0.3) is 0 Å². The Balaban J connectivity index is 1.73. The van der Waals surface area contributed by atoms with Gasteiger partial charge in [-0.3, -0.25) is 0 Å². The molecule has 1 aromatic carbocycles. The van der Waals surface area contributed by atoms with Gasteiger partial charge >= 0.3 is 0 Å². The Kier molecular flexibility index (Phi) is 3.21. The molecular formula is C15H15N5. The fourth-order valence-corrected chi connectivity index (χ4v) is 2.04. The summed E-state index contributed by atoms with van der Waals surface area (Å²) in [6.07, 6.45) is 2.29. The van der Waals surface area contributed by atoms with E-state index in [9.17, 15) is 0 Å². The number of nitrogens with two attached hydrogens (primary N) is 1. The van der Waals surface area contributed by atoms with E-state index in [4.69, 9.17) is 11.0 Å². The fourth-order valence-electron chi connectivity index (χ4n) is 2.04. The Morgan fingerprint density at radius 3 is 2.90 bits per heavy atom. The summed E-state index contributed by atoms with van der Waals surface area (Å²) in [5, 5.41) is 12.1. The Hall–Kier alpha value is -2.61. The number of aromatic nitrogens is 2. The van der Waals surface area contributed by atoms with E-state index in [1.54, 1.807) is 12.1 Å². The van der Waals surface area contributed by atoms with Crippen LogP contribution in [0, 0.1) is 11.3 Å². The Morgan fingerprint density at radius 1 is 1.30 bits per heavy atom. The summed E-state index contributed by atoms with van der Waals surface area (Å²) in [7, 11) is 0. The van der Waals surface area contributed by atoms with Crippen LogP contribution in [-0.2, 0) is 6.54 Å². The molecule has 20 heavy (non-hydrogen) atoms. The van der Waals surface area contributed by atoms with Gasteiger partial charge in [-0.1, -0.05) is 12.1 Å². The van der Waals surface area contributed by atoms with Crippen LogP contribution in [0.1, 0.15) is 35.7 Å². The number of benzene rings is 1. The maximum absolute atomic E-state index is 8.88. The van der Waals surface area contributed by atoms with Gasteiger partial charge in [-0.25, -0.2) is 9.97 Å². The minimum Gasteiger partial charge on any atom is -0.384 e. The van der Waals surface area contributed by atoms with Crippen LogP contribution < -0.4 is 11.1 Å². The molecule has 3 N–H and O–H groups in total. The van der Waals surface area contributed by atoms with Gasteiger partial charge in [-0.2, -0.15) is 5.26 Å². The van der Waals surface area contributed by atoms with Crippen LogP contribution in [0.5, 0.6) is 0 Å². The first kappa shape index (κ1) is 12.4. The van der Waals surface area contributed by atoms with Gasteiger partial charge in [0.2, 0.25) is 0 Å². The Morgan fingerprint density at radius 2 is 2.15 bits per heavy atom. The molecule has 0 radical (unpaired) electrons. The smallest absolute Gasteiger partial charge is 0.136 e. The van der Waals surface area contributed by atoms with Crippen molar-refractivity contribution in [3.8, 4) is 6.07 Å². The number of anilines is 2. The second-order valence-corrected chi connectivity index (χ2v) is 4.98. The number of hydrogen-bond donors (Lipinski definition) is 2. The lowest BCUT2D eigenvalue weighted by molar-refractivity contribution is 0.926. The minimum absolute atomic E-state index is 0.473. The molecular weight excluding hydrogens is 250 g/mol. The maximum Gasteiger partial charge on any atom is 0.136 e. The van der Waals surface area contributed by atoms with E-state index in [1.165, 1.54) is 0 Å². The normalized spacial score (nSPS) is 13.8. The second-order valence-electron chi connectivity index (χ2n) is 4.98. The summed E-state index contributed by atoms with van der Waals surface area (Å²) >= 11 is 0. The zero-order valence-electron chi connectivity index (χ0n) is 11.0. The van der Waals surface area contributed by atoms with Crippen LogP contribution in [-0.4, -0.2) is 9.97 Å². The molecule has 1 aliphatic rings. The molecule has 2 aromatic rings. The molecule has 3 rings (SSSR count). The number of nitrogens with one attached hydrogen (secondary N) is 1. The fraction of sp³-hybridized carbons (Fsp3) is 0.267. The SMILES string of the molecule is N#Cc1cccc(CNc2cc(N)nc(C3CC3)n2)c1. The van der Waals surface area contributed by atoms with Gasteiger partial charge in [-0.15, -0.1) is 0 Å². The van der Waals surface area contributed by atoms with E-state index < -0.39 is 0 Å². The third-order valence-electron chi connectivity index (χ3n) is 3.24. The summed E-state index contributed by atoms with van der Waals surface area (Å²) in [4.78, 5) is 8.75. The summed E-state index contributed by atoms with van der Waals surface area (Å²) in [6.45, 7) is 0.607. The van der Waals surface area contributed by atoms with Crippen molar-refractivity contribution in [2.45, 2.75) is 25.3 Å². The summed E-state index contributed by atoms with van der Waals surface area (Å²) in [5.74, 6) is 2.54. The number of nitrogens with zero attached hydrogens (tertiary/aromatic N) is 3. The molecule has 5 heteroatoms. The van der Waals surface area contributed by atoms with Crippen LogP contribution in [0.15, 0.2) is 30.3 Å². The third kappa shape index (κ3) is 2.86. The van der Waals surface area contributed by atoms with Crippen LogP contribution in [0.3, 0.4) is 0 Å². The lowest BCUT2D eigenvalue weighted by atomic mass is 10.1. The first-order valence-electron chi connectivity index (χ1n) is 6.62. The first-order chi connectivity index (χ1) is 9.74. The highest BCUT2D eigenvalue weighted by atomic mass is 15.1. The highest BCUT2D eigenvalue weighted by Gasteiger charge is 2.27. The van der Waals surface area contributed by atoms with E-state index in [1.807, 2.05) is 18.2 Å². The minimum atomic E-state index is 0.473. The molecule has 5 nitrogen and oxygen atoms in total. The van der Waals surface area contributed by atoms with E-state index in [0.29, 0.717) is 23.8 Å².